The van der Waals surface area contributed by atoms with E-state index in [2.05, 4.69) is 0 Å². The minimum atomic E-state index is -3.82. The molecular formula is C74H74Cl4N4O18S2. The van der Waals surface area contributed by atoms with Crippen molar-refractivity contribution in [1.29, 1.82) is 0 Å². The van der Waals surface area contributed by atoms with Crippen molar-refractivity contribution in [3.63, 3.8) is 0 Å². The quantitative estimate of drug-likeness (QED) is 0.0444. The number of halogens is 4. The summed E-state index contributed by atoms with van der Waals surface area (Å²) in [5.74, 6) is -10.2. The van der Waals surface area contributed by atoms with E-state index in [4.69, 9.17) is 85.7 Å². The fourth-order valence-electron chi connectivity index (χ4n) is 13.0. The number of fused-ring (bicyclic) bond motifs is 4. The number of ether oxygens (including phenoxy) is 4. The number of hydrogen-bond donors (Lipinski definition) is 2. The molecule has 4 heterocycles. The Labute approximate surface area is 608 Å². The first-order chi connectivity index (χ1) is 47.8. The van der Waals surface area contributed by atoms with Gasteiger partial charge in [-0.05, 0) is 143 Å². The number of esters is 4. The second-order valence-electron chi connectivity index (χ2n) is 27.9. The van der Waals surface area contributed by atoms with Crippen molar-refractivity contribution >= 4 is 136 Å². The molecule has 4 unspecified atom stereocenters. The van der Waals surface area contributed by atoms with Crippen LogP contribution in [0, 0.1) is 22.7 Å². The molecule has 22 nitrogen and oxygen atoms in total. The Hall–Kier alpha value is -8.78. The van der Waals surface area contributed by atoms with Crippen molar-refractivity contribution in [3.05, 3.63) is 197 Å². The molecule has 0 radical (unpaired) electrons. The third-order valence-electron chi connectivity index (χ3n) is 17.7. The smallest absolute Gasteiger partial charge is 0.314 e. The summed E-state index contributed by atoms with van der Waals surface area (Å²) in [6.45, 7) is 10.5. The highest BCUT2D eigenvalue weighted by atomic mass is 35.5. The molecule has 6 aromatic carbocycles. The number of amides is 4. The Morgan fingerprint density at radius 1 is 0.520 bits per heavy atom. The average Bonchev–Trinajstić information content (AvgIpc) is 0.833. The van der Waals surface area contributed by atoms with Crippen molar-refractivity contribution in [3.8, 4) is 0 Å². The molecule has 4 amide bonds. The van der Waals surface area contributed by atoms with Crippen LogP contribution in [0.4, 0.5) is 0 Å². The topological polar surface area (TPSA) is 327 Å². The third-order valence-corrected chi connectivity index (χ3v) is 21.3. The first-order valence-corrected chi connectivity index (χ1v) is 37.7. The number of benzene rings is 6. The normalized spacial score (nSPS) is 16.1. The molecule has 10 rings (SSSR count). The van der Waals surface area contributed by atoms with Crippen LogP contribution in [0.15, 0.2) is 140 Å². The van der Waals surface area contributed by atoms with E-state index in [0.29, 0.717) is 44.2 Å². The molecular weight excluding hydrogens is 1440 g/mol. The molecule has 0 saturated heterocycles. The average molecular weight is 1510 g/mol. The zero-order valence-corrected chi connectivity index (χ0v) is 61.5. The monoisotopic (exact) mass is 1510 g/mol. The van der Waals surface area contributed by atoms with Crippen molar-refractivity contribution in [1.82, 2.24) is 9.80 Å². The molecule has 28 heteroatoms. The molecule has 0 aliphatic carbocycles. The van der Waals surface area contributed by atoms with Crippen molar-refractivity contribution in [2.24, 2.45) is 34.1 Å². The molecule has 0 bridgehead atoms. The number of furan rings is 2. The van der Waals surface area contributed by atoms with Crippen LogP contribution in [0.3, 0.4) is 0 Å². The number of carbonyl (C=O) groups is 8. The Morgan fingerprint density at radius 2 is 0.892 bits per heavy atom. The second-order valence-corrected chi connectivity index (χ2v) is 33.5. The van der Waals surface area contributed by atoms with Crippen LogP contribution >= 0.6 is 46.4 Å². The van der Waals surface area contributed by atoms with E-state index in [0.717, 1.165) is 12.5 Å². The molecule has 2 aromatic heterocycles. The van der Waals surface area contributed by atoms with Crippen LogP contribution in [0.5, 0.6) is 0 Å². The summed E-state index contributed by atoms with van der Waals surface area (Å²) < 4.78 is 87.7. The summed E-state index contributed by atoms with van der Waals surface area (Å²) in [6, 6.07) is 24.8. The molecule has 0 saturated carbocycles. The molecule has 2 aliphatic heterocycles. The standard InChI is InChI=1S/C74H74Cl4N4O18S2/c1-73(2,3)37-59(99-71(89)51(31-39-11-9-13-45(29-39)101(7,91)92)65-49-35-53(75)61(67(79)85)63(77)47(49)21-25-81(65)69(87)43-17-15-41-23-27-95-55(41)33-43)97-57(83)19-20-58(84)98-60(38-74(4,5)6)100-72(90)52(32-40-12-10-14-46(30-40)102(8,93)94)66-50-36-54(76)62(68(80)86)64(78)48(50)22-26-82(66)70(88)44-18-16-42-24-28-96-56(42)34-44/h9-18,23-24,27-30,33-36,51-52,59-60,65-66H,19-22,25-26,31-32,37-38H2,1-8H3,(H2,79,85)(H2,80,86)/t51-,52-,59?,60?,65?,66?/m0/s1. The Balaban J connectivity index is 0.952. The number of hydrogen-bond acceptors (Lipinski definition) is 18. The van der Waals surface area contributed by atoms with Crippen LogP contribution in [-0.2, 0) is 83.5 Å². The summed E-state index contributed by atoms with van der Waals surface area (Å²) in [6.07, 6.45) is -0.621. The first kappa shape index (κ1) is 75.9. The van der Waals surface area contributed by atoms with E-state index >= 15 is 19.2 Å². The minimum absolute atomic E-state index is 0.0492. The van der Waals surface area contributed by atoms with Gasteiger partial charge in [0.1, 0.15) is 11.2 Å². The minimum Gasteiger partial charge on any atom is -0.464 e. The highest BCUT2D eigenvalue weighted by molar-refractivity contribution is 7.91. The highest BCUT2D eigenvalue weighted by Gasteiger charge is 2.47. The van der Waals surface area contributed by atoms with Gasteiger partial charge in [0.25, 0.3) is 23.6 Å². The first-order valence-electron chi connectivity index (χ1n) is 32.4. The summed E-state index contributed by atoms with van der Waals surface area (Å²) in [7, 11) is -7.64. The number of sulfone groups is 2. The summed E-state index contributed by atoms with van der Waals surface area (Å²) in [5, 5.41) is 0.779. The largest absolute Gasteiger partial charge is 0.464 e. The molecule has 102 heavy (non-hydrogen) atoms. The van der Waals surface area contributed by atoms with Crippen LogP contribution in [-0.4, -0.2) is 112 Å². The van der Waals surface area contributed by atoms with E-state index in [1.54, 1.807) is 90.1 Å². The molecule has 4 N–H and O–H groups in total. The van der Waals surface area contributed by atoms with Gasteiger partial charge < -0.3 is 49.0 Å². The lowest BCUT2D eigenvalue weighted by atomic mass is 9.80. The lowest BCUT2D eigenvalue weighted by molar-refractivity contribution is -0.202. The number of rotatable bonds is 23. The molecule has 0 spiro atoms. The van der Waals surface area contributed by atoms with Gasteiger partial charge in [0, 0.05) is 60.3 Å². The van der Waals surface area contributed by atoms with Crippen molar-refractivity contribution < 1.29 is 83.0 Å². The predicted molar refractivity (Wildman–Crippen MR) is 380 cm³/mol. The van der Waals surface area contributed by atoms with Gasteiger partial charge in [-0.2, -0.15) is 0 Å². The van der Waals surface area contributed by atoms with Gasteiger partial charge >= 0.3 is 23.9 Å². The van der Waals surface area contributed by atoms with E-state index in [-0.39, 0.29) is 115 Å². The van der Waals surface area contributed by atoms with Gasteiger partial charge in [-0.1, -0.05) is 124 Å². The van der Waals surface area contributed by atoms with Crippen LogP contribution in [0.25, 0.3) is 21.9 Å². The lowest BCUT2D eigenvalue weighted by Crippen LogP contribution is -2.47. The summed E-state index contributed by atoms with van der Waals surface area (Å²) in [5.41, 5.74) is 12.5. The van der Waals surface area contributed by atoms with E-state index < -0.39 is 127 Å². The predicted octanol–water partition coefficient (Wildman–Crippen LogP) is 13.2. The zero-order chi connectivity index (χ0) is 74.2. The third kappa shape index (κ3) is 17.5. The van der Waals surface area contributed by atoms with E-state index in [1.807, 2.05) is 0 Å². The van der Waals surface area contributed by atoms with E-state index in [1.165, 1.54) is 83.0 Å². The lowest BCUT2D eigenvalue weighted by Gasteiger charge is -2.42. The number of primary amides is 2. The van der Waals surface area contributed by atoms with E-state index in [9.17, 15) is 36.0 Å². The zero-order valence-electron chi connectivity index (χ0n) is 56.8. The second kappa shape index (κ2) is 30.3. The Kier molecular flexibility index (Phi) is 22.5. The SMILES string of the molecule is CC(C)(C)CC(OC(=O)CCC(=O)OC(CC(C)(C)C)OC(=O)[C@@H](Cc1cccc(S(C)(=O)=O)c1)C1c2cc(Cl)c(C(N)=O)c(Cl)c2CCN1C(=O)c1ccc2ccoc2c1)OC(=O)[C@@H](Cc1cccc(S(C)(=O)=O)c1)C1c2cc(Cl)c(C(N)=O)c(Cl)c2CCN1C(=O)c1ccc2ccoc2c1. The maximum Gasteiger partial charge on any atom is 0.314 e. The van der Waals surface area contributed by atoms with Gasteiger partial charge in [0.05, 0.1) is 90.3 Å². The molecule has 6 atom stereocenters. The number of carbonyl (C=O) groups excluding carboxylic acids is 8. The van der Waals surface area contributed by atoms with Gasteiger partial charge in [-0.15, -0.1) is 0 Å². The van der Waals surface area contributed by atoms with Gasteiger partial charge in [0.15, 0.2) is 19.7 Å². The van der Waals surface area contributed by atoms with Crippen LogP contribution < -0.4 is 11.5 Å². The van der Waals surface area contributed by atoms with Crippen LogP contribution in [0.2, 0.25) is 20.1 Å². The molecule has 8 aromatic rings. The Morgan fingerprint density at radius 3 is 1.24 bits per heavy atom. The van der Waals surface area contributed by atoms with Gasteiger partial charge in [-0.3, -0.25) is 38.4 Å². The maximum absolute atomic E-state index is 15.6. The summed E-state index contributed by atoms with van der Waals surface area (Å²) >= 11 is 27.5. The highest BCUT2D eigenvalue weighted by Crippen LogP contribution is 2.47. The van der Waals surface area contributed by atoms with Crippen molar-refractivity contribution in [2.75, 3.05) is 25.6 Å². The number of nitrogens with two attached hydrogens (primary N) is 2. The summed E-state index contributed by atoms with van der Waals surface area (Å²) in [4.78, 5) is 118. The van der Waals surface area contributed by atoms with Crippen molar-refractivity contribution in [2.45, 2.75) is 127 Å². The molecule has 0 fully saturated rings. The molecule has 2 aliphatic rings. The molecule has 538 valence electrons. The fraction of sp³-hybridized carbons (Fsp3) is 0.351. The number of nitrogens with zero attached hydrogens (tertiary/aromatic N) is 2. The Bertz CT molecular complexity index is 4620. The van der Waals surface area contributed by atoms with Gasteiger partial charge in [-0.25, -0.2) is 16.8 Å². The van der Waals surface area contributed by atoms with Crippen LogP contribution in [0.1, 0.15) is 154 Å². The van der Waals surface area contributed by atoms with Gasteiger partial charge in [0.2, 0.25) is 12.6 Å². The fourth-order valence-corrected chi connectivity index (χ4v) is 15.9. The maximum atomic E-state index is 15.6.